The monoisotopic (exact) mass is 426 g/mol. The van der Waals surface area contributed by atoms with Gasteiger partial charge in [0.15, 0.2) is 0 Å². The third-order valence-corrected chi connectivity index (χ3v) is 6.75. The van der Waals surface area contributed by atoms with Crippen LogP contribution in [0.1, 0.15) is 23.3 Å². The Morgan fingerprint density at radius 2 is 1.83 bits per heavy atom. The van der Waals surface area contributed by atoms with E-state index < -0.39 is 39.4 Å². The molecule has 2 heterocycles. The van der Waals surface area contributed by atoms with Crippen molar-refractivity contribution in [1.29, 1.82) is 0 Å². The molecule has 1 aromatic heterocycles. The van der Waals surface area contributed by atoms with E-state index in [0.29, 0.717) is 6.07 Å². The SMILES string of the molecule is Cn1cc(S(=O)(=O)N2CCC(C(=O)Nc3ccc(F)cc3F)CC2)cc1C(N)=O. The predicted octanol–water partition coefficient (Wildman–Crippen LogP) is 1.44. The number of anilines is 1. The molecule has 29 heavy (non-hydrogen) atoms. The number of nitrogens with one attached hydrogen (secondary N) is 1. The smallest absolute Gasteiger partial charge is 0.265 e. The number of halogens is 2. The summed E-state index contributed by atoms with van der Waals surface area (Å²) in [7, 11) is -2.33. The quantitative estimate of drug-likeness (QED) is 0.753. The summed E-state index contributed by atoms with van der Waals surface area (Å²) in [6.45, 7) is 0.181. The number of aromatic nitrogens is 1. The number of primary amides is 1. The summed E-state index contributed by atoms with van der Waals surface area (Å²) in [6.07, 6.45) is 1.79. The summed E-state index contributed by atoms with van der Waals surface area (Å²) in [5.74, 6) is -3.34. The van der Waals surface area contributed by atoms with Gasteiger partial charge in [0.25, 0.3) is 5.91 Å². The minimum absolute atomic E-state index is 0.0508. The van der Waals surface area contributed by atoms with E-state index in [9.17, 15) is 26.8 Å². The minimum atomic E-state index is -3.85. The van der Waals surface area contributed by atoms with Crippen LogP contribution in [-0.4, -0.2) is 42.2 Å². The maximum atomic E-state index is 13.7. The van der Waals surface area contributed by atoms with Crippen molar-refractivity contribution in [1.82, 2.24) is 8.87 Å². The highest BCUT2D eigenvalue weighted by molar-refractivity contribution is 7.89. The zero-order valence-corrected chi connectivity index (χ0v) is 16.4. The number of sulfonamides is 1. The summed E-state index contributed by atoms with van der Waals surface area (Å²) in [6, 6.07) is 4.06. The first kappa shape index (κ1) is 20.9. The molecule has 3 N–H and O–H groups in total. The molecular weight excluding hydrogens is 406 g/mol. The fourth-order valence-electron chi connectivity index (χ4n) is 3.25. The molecule has 1 aliphatic heterocycles. The van der Waals surface area contributed by atoms with Gasteiger partial charge < -0.3 is 15.6 Å². The zero-order valence-electron chi connectivity index (χ0n) is 15.6. The van der Waals surface area contributed by atoms with E-state index in [1.54, 1.807) is 0 Å². The second kappa shape index (κ2) is 7.91. The molecule has 1 aromatic carbocycles. The standard InChI is InChI=1S/C18H20F2N4O4S/c1-23-10-13(9-16(23)17(21)25)29(27,28)24-6-4-11(5-7-24)18(26)22-15-3-2-12(19)8-14(15)20/h2-3,8-11H,4-7H2,1H3,(H2,21,25)(H,22,26). The first-order valence-electron chi connectivity index (χ1n) is 8.82. The van der Waals surface area contributed by atoms with Gasteiger partial charge in [0.1, 0.15) is 22.2 Å². The van der Waals surface area contributed by atoms with Gasteiger partial charge in [-0.25, -0.2) is 17.2 Å². The van der Waals surface area contributed by atoms with Crippen LogP contribution in [0.15, 0.2) is 35.4 Å². The van der Waals surface area contributed by atoms with E-state index >= 15 is 0 Å². The van der Waals surface area contributed by atoms with Gasteiger partial charge in [-0.05, 0) is 31.0 Å². The van der Waals surface area contributed by atoms with Gasteiger partial charge in [-0.15, -0.1) is 0 Å². The summed E-state index contributed by atoms with van der Waals surface area (Å²) >= 11 is 0. The van der Waals surface area contributed by atoms with Crippen LogP contribution in [0.4, 0.5) is 14.5 Å². The molecule has 8 nitrogen and oxygen atoms in total. The zero-order chi connectivity index (χ0) is 21.3. The number of nitrogens with zero attached hydrogens (tertiary/aromatic N) is 2. The topological polar surface area (TPSA) is 114 Å². The molecule has 0 spiro atoms. The van der Waals surface area contributed by atoms with Crippen molar-refractivity contribution < 1.29 is 26.8 Å². The van der Waals surface area contributed by atoms with Crippen molar-refractivity contribution in [3.63, 3.8) is 0 Å². The summed E-state index contributed by atoms with van der Waals surface area (Å²) in [5, 5.41) is 2.41. The van der Waals surface area contributed by atoms with Crippen LogP contribution in [0.25, 0.3) is 0 Å². The Morgan fingerprint density at radius 1 is 1.17 bits per heavy atom. The molecule has 1 aliphatic rings. The lowest BCUT2D eigenvalue weighted by atomic mass is 9.97. The molecule has 11 heteroatoms. The molecular formula is C18H20F2N4O4S. The molecule has 156 valence electrons. The summed E-state index contributed by atoms with van der Waals surface area (Å²) < 4.78 is 54.8. The molecule has 2 aromatic rings. The first-order valence-corrected chi connectivity index (χ1v) is 10.3. The van der Waals surface area contributed by atoms with Crippen LogP contribution in [0, 0.1) is 17.6 Å². The highest BCUT2D eigenvalue weighted by Gasteiger charge is 2.33. The maximum absolute atomic E-state index is 13.7. The van der Waals surface area contributed by atoms with Crippen molar-refractivity contribution in [3.05, 3.63) is 47.8 Å². The van der Waals surface area contributed by atoms with Crippen molar-refractivity contribution in [2.24, 2.45) is 18.7 Å². The number of carbonyl (C=O) groups excluding carboxylic acids is 2. The lowest BCUT2D eigenvalue weighted by Gasteiger charge is -2.30. The largest absolute Gasteiger partial charge is 0.364 e. The van der Waals surface area contributed by atoms with Gasteiger partial charge >= 0.3 is 0 Å². The van der Waals surface area contributed by atoms with Crippen LogP contribution in [0.5, 0.6) is 0 Å². The summed E-state index contributed by atoms with van der Waals surface area (Å²) in [4.78, 5) is 23.7. The number of benzene rings is 1. The average Bonchev–Trinajstić information content (AvgIpc) is 3.07. The van der Waals surface area contributed by atoms with Gasteiger partial charge in [0, 0.05) is 38.3 Å². The molecule has 1 saturated heterocycles. The Morgan fingerprint density at radius 3 is 2.38 bits per heavy atom. The van der Waals surface area contributed by atoms with E-state index in [1.165, 1.54) is 28.2 Å². The average molecular weight is 426 g/mol. The molecule has 0 atom stereocenters. The Bertz CT molecular complexity index is 1060. The second-order valence-electron chi connectivity index (χ2n) is 6.83. The van der Waals surface area contributed by atoms with Gasteiger partial charge in [0.2, 0.25) is 15.9 Å². The van der Waals surface area contributed by atoms with E-state index in [1.807, 2.05) is 0 Å². The molecule has 0 bridgehead atoms. The number of aryl methyl sites for hydroxylation is 1. The van der Waals surface area contributed by atoms with Crippen LogP contribution in [-0.2, 0) is 21.9 Å². The summed E-state index contributed by atoms with van der Waals surface area (Å²) in [5.41, 5.74) is 5.16. The van der Waals surface area contributed by atoms with Crippen LogP contribution in [0.3, 0.4) is 0 Å². The molecule has 2 amide bonds. The highest BCUT2D eigenvalue weighted by atomic mass is 32.2. The highest BCUT2D eigenvalue weighted by Crippen LogP contribution is 2.26. The van der Waals surface area contributed by atoms with Crippen LogP contribution >= 0.6 is 0 Å². The molecule has 1 fully saturated rings. The molecule has 3 rings (SSSR count). The van der Waals surface area contributed by atoms with E-state index in [2.05, 4.69) is 5.32 Å². The van der Waals surface area contributed by atoms with Gasteiger partial charge in [-0.3, -0.25) is 9.59 Å². The maximum Gasteiger partial charge on any atom is 0.265 e. The number of piperidine rings is 1. The number of hydrogen-bond acceptors (Lipinski definition) is 4. The van der Waals surface area contributed by atoms with Gasteiger partial charge in [0.05, 0.1) is 5.69 Å². The number of hydrogen-bond donors (Lipinski definition) is 2. The van der Waals surface area contributed by atoms with Gasteiger partial charge in [-0.2, -0.15) is 4.31 Å². The van der Waals surface area contributed by atoms with Crippen molar-refractivity contribution in [2.45, 2.75) is 17.7 Å². The molecule has 0 aliphatic carbocycles. The third kappa shape index (κ3) is 4.30. The second-order valence-corrected chi connectivity index (χ2v) is 8.77. The van der Waals surface area contributed by atoms with Crippen LogP contribution < -0.4 is 11.1 Å². The van der Waals surface area contributed by atoms with Crippen molar-refractivity contribution in [3.8, 4) is 0 Å². The Balaban J connectivity index is 1.65. The molecule has 0 saturated carbocycles. The predicted molar refractivity (Wildman–Crippen MR) is 100 cm³/mol. The molecule has 0 unspecified atom stereocenters. The fourth-order valence-corrected chi connectivity index (χ4v) is 4.79. The van der Waals surface area contributed by atoms with Gasteiger partial charge in [-0.1, -0.05) is 0 Å². The first-order chi connectivity index (χ1) is 13.6. The number of amides is 2. The van der Waals surface area contributed by atoms with E-state index in [-0.39, 0.29) is 42.2 Å². The lowest BCUT2D eigenvalue weighted by Crippen LogP contribution is -2.41. The van der Waals surface area contributed by atoms with E-state index in [4.69, 9.17) is 5.73 Å². The third-order valence-electron chi connectivity index (χ3n) is 4.88. The molecule has 0 radical (unpaired) electrons. The van der Waals surface area contributed by atoms with E-state index in [0.717, 1.165) is 12.1 Å². The number of carbonyl (C=O) groups is 2. The lowest BCUT2D eigenvalue weighted by molar-refractivity contribution is -0.120. The Kier molecular flexibility index (Phi) is 5.71. The van der Waals surface area contributed by atoms with Crippen LogP contribution in [0.2, 0.25) is 0 Å². The van der Waals surface area contributed by atoms with Crippen molar-refractivity contribution in [2.75, 3.05) is 18.4 Å². The minimum Gasteiger partial charge on any atom is -0.364 e. The fraction of sp³-hybridized carbons (Fsp3) is 0.333. The number of rotatable bonds is 5. The Labute approximate surface area is 166 Å². The Hall–Kier alpha value is -2.79. The number of nitrogens with two attached hydrogens (primary N) is 1. The van der Waals surface area contributed by atoms with Crippen molar-refractivity contribution >= 4 is 27.5 Å². The normalized spacial score (nSPS) is 16.0.